The number of carbonyl (C=O) groups excluding carboxylic acids is 2. The number of amides is 1. The van der Waals surface area contributed by atoms with Gasteiger partial charge in [0.2, 0.25) is 5.91 Å². The summed E-state index contributed by atoms with van der Waals surface area (Å²) >= 11 is 0. The zero-order chi connectivity index (χ0) is 14.4. The van der Waals surface area contributed by atoms with Crippen molar-refractivity contribution >= 4 is 17.4 Å². The third-order valence-electron chi connectivity index (χ3n) is 2.59. The maximum atomic E-state index is 11.7. The number of methoxy groups -OCH3 is 2. The van der Waals surface area contributed by atoms with Gasteiger partial charge in [0.25, 0.3) is 0 Å². The molecule has 0 aliphatic heterocycles. The van der Waals surface area contributed by atoms with E-state index in [4.69, 9.17) is 4.74 Å². The van der Waals surface area contributed by atoms with Crippen molar-refractivity contribution in [2.24, 2.45) is 0 Å². The van der Waals surface area contributed by atoms with Crippen LogP contribution in [0.4, 0.5) is 0 Å². The minimum atomic E-state index is -0.580. The SMILES string of the molecule is COC(=O)/C(NC(C)=O)=C(\C)c1ccc(OC)cc1. The topological polar surface area (TPSA) is 64.6 Å². The van der Waals surface area contributed by atoms with Crippen molar-refractivity contribution in [2.75, 3.05) is 14.2 Å². The molecule has 0 aliphatic rings. The van der Waals surface area contributed by atoms with Gasteiger partial charge in [-0.2, -0.15) is 0 Å². The highest BCUT2D eigenvalue weighted by atomic mass is 16.5. The summed E-state index contributed by atoms with van der Waals surface area (Å²) in [5.74, 6) is -0.188. The molecule has 19 heavy (non-hydrogen) atoms. The van der Waals surface area contributed by atoms with Crippen LogP contribution in [0.2, 0.25) is 0 Å². The summed E-state index contributed by atoms with van der Waals surface area (Å²) in [5, 5.41) is 2.49. The third kappa shape index (κ3) is 3.84. The number of hydrogen-bond donors (Lipinski definition) is 1. The standard InChI is InChI=1S/C14H17NO4/c1-9(11-5-7-12(18-3)8-6-11)13(14(17)19-4)15-10(2)16/h5-8H,1-4H3,(H,15,16)/b13-9-. The quantitative estimate of drug-likeness (QED) is 0.663. The van der Waals surface area contributed by atoms with Crippen molar-refractivity contribution in [3.05, 3.63) is 35.5 Å². The maximum Gasteiger partial charge on any atom is 0.354 e. The molecule has 0 spiro atoms. The van der Waals surface area contributed by atoms with Gasteiger partial charge in [-0.05, 0) is 30.2 Å². The van der Waals surface area contributed by atoms with Crippen molar-refractivity contribution in [3.8, 4) is 5.75 Å². The molecule has 0 bridgehead atoms. The third-order valence-corrected chi connectivity index (χ3v) is 2.59. The lowest BCUT2D eigenvalue weighted by molar-refractivity contribution is -0.137. The van der Waals surface area contributed by atoms with Crippen LogP contribution in [0.5, 0.6) is 5.75 Å². The second kappa shape index (κ2) is 6.58. The van der Waals surface area contributed by atoms with E-state index in [0.717, 1.165) is 11.3 Å². The van der Waals surface area contributed by atoms with Gasteiger partial charge in [0.1, 0.15) is 11.4 Å². The number of carbonyl (C=O) groups is 2. The second-order valence-corrected chi connectivity index (χ2v) is 3.90. The van der Waals surface area contributed by atoms with Gasteiger partial charge < -0.3 is 14.8 Å². The Kier molecular flexibility index (Phi) is 5.11. The number of nitrogens with one attached hydrogen (secondary N) is 1. The maximum absolute atomic E-state index is 11.7. The van der Waals surface area contributed by atoms with Crippen LogP contribution in [0, 0.1) is 0 Å². The van der Waals surface area contributed by atoms with E-state index in [2.05, 4.69) is 10.1 Å². The summed E-state index contributed by atoms with van der Waals surface area (Å²) < 4.78 is 9.73. The van der Waals surface area contributed by atoms with Gasteiger partial charge in [0.05, 0.1) is 14.2 Å². The molecule has 1 N–H and O–H groups in total. The monoisotopic (exact) mass is 263 g/mol. The van der Waals surface area contributed by atoms with E-state index < -0.39 is 5.97 Å². The molecule has 0 atom stereocenters. The highest BCUT2D eigenvalue weighted by Gasteiger charge is 2.15. The zero-order valence-electron chi connectivity index (χ0n) is 11.4. The first-order chi connectivity index (χ1) is 8.99. The largest absolute Gasteiger partial charge is 0.497 e. The van der Waals surface area contributed by atoms with E-state index in [1.54, 1.807) is 38.3 Å². The summed E-state index contributed by atoms with van der Waals surface area (Å²) in [6.45, 7) is 3.08. The zero-order valence-corrected chi connectivity index (χ0v) is 11.4. The first-order valence-electron chi connectivity index (χ1n) is 5.70. The van der Waals surface area contributed by atoms with E-state index in [1.807, 2.05) is 0 Å². The van der Waals surface area contributed by atoms with Crippen molar-refractivity contribution in [1.82, 2.24) is 5.32 Å². The van der Waals surface area contributed by atoms with Gasteiger partial charge in [0.15, 0.2) is 0 Å². The molecule has 0 fully saturated rings. The molecule has 0 unspecified atom stereocenters. The highest BCUT2D eigenvalue weighted by molar-refractivity contribution is 6.00. The predicted molar refractivity (Wildman–Crippen MR) is 71.4 cm³/mol. The lowest BCUT2D eigenvalue weighted by atomic mass is 10.0. The normalized spacial score (nSPS) is 11.4. The number of rotatable bonds is 4. The van der Waals surface area contributed by atoms with Gasteiger partial charge >= 0.3 is 5.97 Å². The molecule has 0 aromatic heterocycles. The number of esters is 1. The Morgan fingerprint density at radius 2 is 1.63 bits per heavy atom. The van der Waals surface area contributed by atoms with Gasteiger partial charge in [-0.15, -0.1) is 0 Å². The molecule has 5 heteroatoms. The van der Waals surface area contributed by atoms with E-state index >= 15 is 0 Å². The molecule has 0 saturated carbocycles. The van der Waals surface area contributed by atoms with Crippen LogP contribution in [0.3, 0.4) is 0 Å². The molecule has 5 nitrogen and oxygen atoms in total. The van der Waals surface area contributed by atoms with Crippen LogP contribution in [0.25, 0.3) is 5.57 Å². The van der Waals surface area contributed by atoms with Crippen LogP contribution in [-0.4, -0.2) is 26.1 Å². The molecule has 0 aliphatic carbocycles. The Bertz CT molecular complexity index is 503. The highest BCUT2D eigenvalue weighted by Crippen LogP contribution is 2.20. The van der Waals surface area contributed by atoms with Gasteiger partial charge in [0, 0.05) is 6.92 Å². The van der Waals surface area contributed by atoms with Crippen LogP contribution >= 0.6 is 0 Å². The molecular weight excluding hydrogens is 246 g/mol. The fourth-order valence-corrected chi connectivity index (χ4v) is 1.56. The fraction of sp³-hybridized carbons (Fsp3) is 0.286. The van der Waals surface area contributed by atoms with Crippen molar-refractivity contribution < 1.29 is 19.1 Å². The van der Waals surface area contributed by atoms with Gasteiger partial charge in [-0.3, -0.25) is 4.79 Å². The Hall–Kier alpha value is -2.30. The summed E-state index contributed by atoms with van der Waals surface area (Å²) in [4.78, 5) is 22.8. The number of ether oxygens (including phenoxy) is 2. The van der Waals surface area contributed by atoms with E-state index in [1.165, 1.54) is 14.0 Å². The van der Waals surface area contributed by atoms with Crippen LogP contribution in [0.1, 0.15) is 19.4 Å². The summed E-state index contributed by atoms with van der Waals surface area (Å²) in [6, 6.07) is 7.17. The van der Waals surface area contributed by atoms with Crippen molar-refractivity contribution in [1.29, 1.82) is 0 Å². The molecule has 0 heterocycles. The Labute approximate surface area is 112 Å². The first-order valence-corrected chi connectivity index (χ1v) is 5.70. The predicted octanol–water partition coefficient (Wildman–Crippen LogP) is 1.74. The summed E-state index contributed by atoms with van der Waals surface area (Å²) in [7, 11) is 2.85. The number of hydrogen-bond acceptors (Lipinski definition) is 4. The van der Waals surface area contributed by atoms with Crippen LogP contribution < -0.4 is 10.1 Å². The molecule has 0 radical (unpaired) electrons. The Balaban J connectivity index is 3.18. The van der Waals surface area contributed by atoms with E-state index in [9.17, 15) is 9.59 Å². The minimum absolute atomic E-state index is 0.139. The average molecular weight is 263 g/mol. The molecule has 0 saturated heterocycles. The molecule has 1 amide bonds. The Morgan fingerprint density at radius 3 is 2.05 bits per heavy atom. The van der Waals surface area contributed by atoms with Crippen molar-refractivity contribution in [2.45, 2.75) is 13.8 Å². The average Bonchev–Trinajstić information content (AvgIpc) is 2.43. The molecule has 102 valence electrons. The summed E-state index contributed by atoms with van der Waals surface area (Å²) in [5.41, 5.74) is 1.57. The first kappa shape index (κ1) is 14.8. The second-order valence-electron chi connectivity index (χ2n) is 3.90. The molecule has 1 aromatic rings. The summed E-state index contributed by atoms with van der Waals surface area (Å²) in [6.07, 6.45) is 0. The van der Waals surface area contributed by atoms with Crippen molar-refractivity contribution in [3.63, 3.8) is 0 Å². The number of allylic oxidation sites excluding steroid dienone is 1. The van der Waals surface area contributed by atoms with E-state index in [-0.39, 0.29) is 11.6 Å². The molecule has 1 rings (SSSR count). The van der Waals surface area contributed by atoms with Crippen LogP contribution in [-0.2, 0) is 14.3 Å². The Morgan fingerprint density at radius 1 is 1.05 bits per heavy atom. The lowest BCUT2D eigenvalue weighted by Gasteiger charge is -2.11. The van der Waals surface area contributed by atoms with Crippen LogP contribution in [0.15, 0.2) is 30.0 Å². The molecular formula is C14H17NO4. The van der Waals surface area contributed by atoms with Gasteiger partial charge in [-0.1, -0.05) is 12.1 Å². The molecule has 1 aromatic carbocycles. The minimum Gasteiger partial charge on any atom is -0.497 e. The van der Waals surface area contributed by atoms with Gasteiger partial charge in [-0.25, -0.2) is 4.79 Å². The van der Waals surface area contributed by atoms with E-state index in [0.29, 0.717) is 5.57 Å². The number of benzene rings is 1. The smallest absolute Gasteiger partial charge is 0.354 e. The fourth-order valence-electron chi connectivity index (χ4n) is 1.56. The lowest BCUT2D eigenvalue weighted by Crippen LogP contribution is -2.26.